The maximum atomic E-state index is 12.2. The molecule has 5 nitrogen and oxygen atoms in total. The summed E-state index contributed by atoms with van der Waals surface area (Å²) in [6.07, 6.45) is 0.989. The number of carbonyl (C=O) groups is 1. The van der Waals surface area contributed by atoms with Crippen LogP contribution in [-0.2, 0) is 4.79 Å². The Kier molecular flexibility index (Phi) is 6.59. The summed E-state index contributed by atoms with van der Waals surface area (Å²) in [5, 5.41) is 8.96. The Hall–Kier alpha value is -2.01. The molecule has 0 saturated heterocycles. The number of methoxy groups -OCH3 is 1. The molecular weight excluding hydrogens is 258 g/mol. The molecule has 0 spiro atoms. The van der Waals surface area contributed by atoms with Gasteiger partial charge in [0.25, 0.3) is 5.91 Å². The van der Waals surface area contributed by atoms with Crippen LogP contribution in [0.25, 0.3) is 0 Å². The van der Waals surface area contributed by atoms with Gasteiger partial charge in [-0.3, -0.25) is 4.79 Å². The highest BCUT2D eigenvalue weighted by Gasteiger charge is 2.20. The number of nitrogens with zero attached hydrogens (tertiary/aromatic N) is 1. The Balaban J connectivity index is 2.64. The second-order valence-corrected chi connectivity index (χ2v) is 4.23. The summed E-state index contributed by atoms with van der Waals surface area (Å²) in [6, 6.07) is 7.02. The van der Waals surface area contributed by atoms with Crippen LogP contribution in [0, 0.1) is 0 Å². The van der Waals surface area contributed by atoms with Crippen LogP contribution in [-0.4, -0.2) is 48.8 Å². The van der Waals surface area contributed by atoms with Crippen molar-refractivity contribution < 1.29 is 19.4 Å². The van der Waals surface area contributed by atoms with Gasteiger partial charge in [0, 0.05) is 13.1 Å². The number of aliphatic hydroxyl groups excluding tert-OH is 1. The van der Waals surface area contributed by atoms with Crippen LogP contribution in [0.2, 0.25) is 0 Å². The highest BCUT2D eigenvalue weighted by atomic mass is 16.5. The minimum Gasteiger partial charge on any atom is -0.497 e. The van der Waals surface area contributed by atoms with Gasteiger partial charge in [-0.05, 0) is 31.2 Å². The monoisotopic (exact) mass is 279 g/mol. The van der Waals surface area contributed by atoms with Gasteiger partial charge in [0.1, 0.15) is 11.5 Å². The van der Waals surface area contributed by atoms with Crippen LogP contribution in [0.3, 0.4) is 0 Å². The topological polar surface area (TPSA) is 59.0 Å². The van der Waals surface area contributed by atoms with Crippen molar-refractivity contribution in [3.05, 3.63) is 36.9 Å². The standard InChI is InChI=1S/C15H21NO4/c1-4-9-16(10-11-17)15(18)12(2)20-14-7-5-13(19-3)6-8-14/h4-8,12,17H,1,9-11H2,2-3H3. The first-order chi connectivity index (χ1) is 9.62. The van der Waals surface area contributed by atoms with Crippen LogP contribution < -0.4 is 9.47 Å². The molecule has 0 aromatic heterocycles. The smallest absolute Gasteiger partial charge is 0.263 e. The second kappa shape index (κ2) is 8.22. The molecule has 20 heavy (non-hydrogen) atoms. The molecule has 5 heteroatoms. The number of hydrogen-bond donors (Lipinski definition) is 1. The lowest BCUT2D eigenvalue weighted by molar-refractivity contribution is -0.137. The summed E-state index contributed by atoms with van der Waals surface area (Å²) in [6.45, 7) is 5.84. The molecule has 110 valence electrons. The summed E-state index contributed by atoms with van der Waals surface area (Å²) in [5.41, 5.74) is 0. The fraction of sp³-hybridized carbons (Fsp3) is 0.400. The molecule has 0 aliphatic heterocycles. The zero-order chi connectivity index (χ0) is 15.0. The van der Waals surface area contributed by atoms with Crippen LogP contribution in [0.5, 0.6) is 11.5 Å². The number of aliphatic hydroxyl groups is 1. The van der Waals surface area contributed by atoms with Crippen molar-refractivity contribution in [3.63, 3.8) is 0 Å². The van der Waals surface area contributed by atoms with Crippen molar-refractivity contribution in [1.29, 1.82) is 0 Å². The largest absolute Gasteiger partial charge is 0.497 e. The number of amides is 1. The maximum absolute atomic E-state index is 12.2. The van der Waals surface area contributed by atoms with Gasteiger partial charge in [-0.25, -0.2) is 0 Å². The third kappa shape index (κ3) is 4.59. The van der Waals surface area contributed by atoms with Gasteiger partial charge in [-0.1, -0.05) is 6.08 Å². The molecule has 0 aliphatic rings. The molecule has 1 rings (SSSR count). The predicted molar refractivity (Wildman–Crippen MR) is 76.9 cm³/mol. The van der Waals surface area contributed by atoms with Gasteiger partial charge in [0.05, 0.1) is 13.7 Å². The van der Waals surface area contributed by atoms with Gasteiger partial charge in [0.2, 0.25) is 0 Å². The number of benzene rings is 1. The van der Waals surface area contributed by atoms with Gasteiger partial charge in [-0.2, -0.15) is 0 Å². The average Bonchev–Trinajstić information content (AvgIpc) is 2.47. The van der Waals surface area contributed by atoms with E-state index in [1.807, 2.05) is 0 Å². The minimum absolute atomic E-state index is 0.0885. The Morgan fingerprint density at radius 1 is 1.40 bits per heavy atom. The molecule has 0 saturated carbocycles. The van der Waals surface area contributed by atoms with E-state index in [1.54, 1.807) is 44.4 Å². The van der Waals surface area contributed by atoms with E-state index in [-0.39, 0.29) is 19.1 Å². The quantitative estimate of drug-likeness (QED) is 0.732. The molecule has 1 aromatic carbocycles. The van der Waals surface area contributed by atoms with Crippen molar-refractivity contribution in [2.45, 2.75) is 13.0 Å². The molecule has 1 unspecified atom stereocenters. The van der Waals surface area contributed by atoms with E-state index in [9.17, 15) is 4.79 Å². The zero-order valence-electron chi connectivity index (χ0n) is 11.9. The van der Waals surface area contributed by atoms with Crippen LogP contribution in [0.4, 0.5) is 0 Å². The van der Waals surface area contributed by atoms with E-state index in [4.69, 9.17) is 14.6 Å². The Labute approximate surface area is 119 Å². The zero-order valence-corrected chi connectivity index (χ0v) is 11.9. The lowest BCUT2D eigenvalue weighted by Gasteiger charge is -2.24. The van der Waals surface area contributed by atoms with E-state index >= 15 is 0 Å². The summed E-state index contributed by atoms with van der Waals surface area (Å²) in [5.74, 6) is 1.13. The van der Waals surface area contributed by atoms with Gasteiger partial charge < -0.3 is 19.5 Å². The van der Waals surface area contributed by atoms with E-state index in [0.717, 1.165) is 5.75 Å². The summed E-state index contributed by atoms with van der Waals surface area (Å²) in [7, 11) is 1.59. The fourth-order valence-electron chi connectivity index (χ4n) is 1.73. The second-order valence-electron chi connectivity index (χ2n) is 4.23. The Morgan fingerprint density at radius 2 is 2.00 bits per heavy atom. The molecule has 1 aromatic rings. The van der Waals surface area contributed by atoms with Crippen LogP contribution in [0.1, 0.15) is 6.92 Å². The number of carbonyl (C=O) groups excluding carboxylic acids is 1. The molecule has 1 atom stereocenters. The lowest BCUT2D eigenvalue weighted by atomic mass is 10.3. The summed E-state index contributed by atoms with van der Waals surface area (Å²) in [4.78, 5) is 13.7. The van der Waals surface area contributed by atoms with Crippen LogP contribution >= 0.6 is 0 Å². The molecule has 1 amide bonds. The molecule has 1 N–H and O–H groups in total. The number of hydrogen-bond acceptors (Lipinski definition) is 4. The molecule has 0 fully saturated rings. The highest BCUT2D eigenvalue weighted by Crippen LogP contribution is 2.18. The predicted octanol–water partition coefficient (Wildman–Crippen LogP) is 1.47. The number of ether oxygens (including phenoxy) is 2. The van der Waals surface area contributed by atoms with Crippen molar-refractivity contribution >= 4 is 5.91 Å². The normalized spacial score (nSPS) is 11.6. The minimum atomic E-state index is -0.630. The summed E-state index contributed by atoms with van der Waals surface area (Å²) >= 11 is 0. The van der Waals surface area contributed by atoms with Crippen LogP contribution in [0.15, 0.2) is 36.9 Å². The van der Waals surface area contributed by atoms with Crippen molar-refractivity contribution in [3.8, 4) is 11.5 Å². The van der Waals surface area contributed by atoms with Crippen molar-refractivity contribution in [2.75, 3.05) is 26.8 Å². The number of rotatable bonds is 8. The van der Waals surface area contributed by atoms with E-state index in [0.29, 0.717) is 12.3 Å². The van der Waals surface area contributed by atoms with Crippen molar-refractivity contribution in [2.24, 2.45) is 0 Å². The SMILES string of the molecule is C=CCN(CCO)C(=O)C(C)Oc1ccc(OC)cc1. The highest BCUT2D eigenvalue weighted by molar-refractivity contribution is 5.81. The van der Waals surface area contributed by atoms with Gasteiger partial charge in [0.15, 0.2) is 6.10 Å². The maximum Gasteiger partial charge on any atom is 0.263 e. The average molecular weight is 279 g/mol. The van der Waals surface area contributed by atoms with E-state index in [2.05, 4.69) is 6.58 Å². The van der Waals surface area contributed by atoms with Crippen molar-refractivity contribution in [1.82, 2.24) is 4.90 Å². The Bertz CT molecular complexity index is 430. The lowest BCUT2D eigenvalue weighted by Crippen LogP contribution is -2.42. The summed E-state index contributed by atoms with van der Waals surface area (Å²) < 4.78 is 10.6. The first-order valence-corrected chi connectivity index (χ1v) is 6.43. The van der Waals surface area contributed by atoms with E-state index in [1.165, 1.54) is 4.90 Å². The van der Waals surface area contributed by atoms with Gasteiger partial charge in [-0.15, -0.1) is 6.58 Å². The van der Waals surface area contributed by atoms with E-state index < -0.39 is 6.10 Å². The Morgan fingerprint density at radius 3 is 2.50 bits per heavy atom. The first kappa shape index (κ1) is 16.0. The third-order valence-electron chi connectivity index (χ3n) is 2.75. The first-order valence-electron chi connectivity index (χ1n) is 6.43. The molecule has 0 aliphatic carbocycles. The molecule has 0 bridgehead atoms. The molecule has 0 heterocycles. The molecule has 0 radical (unpaired) electrons. The molecular formula is C15H21NO4. The van der Waals surface area contributed by atoms with Gasteiger partial charge >= 0.3 is 0 Å². The fourth-order valence-corrected chi connectivity index (χ4v) is 1.73. The third-order valence-corrected chi connectivity index (χ3v) is 2.75.